The number of rotatable bonds is 8. The van der Waals surface area contributed by atoms with Gasteiger partial charge in [0.15, 0.2) is 5.11 Å². The fourth-order valence-corrected chi connectivity index (χ4v) is 4.67. The van der Waals surface area contributed by atoms with Crippen LogP contribution in [0.25, 0.3) is 11.3 Å². The molecule has 2 aromatic heterocycles. The molecule has 0 saturated carbocycles. The van der Waals surface area contributed by atoms with Gasteiger partial charge in [0.1, 0.15) is 29.1 Å². The summed E-state index contributed by atoms with van der Waals surface area (Å²) in [6.45, 7) is 3.24. The lowest BCUT2D eigenvalue weighted by atomic mass is 10.0. The molecule has 1 saturated heterocycles. The van der Waals surface area contributed by atoms with Gasteiger partial charge in [-0.25, -0.2) is 0 Å². The van der Waals surface area contributed by atoms with E-state index in [9.17, 15) is 0 Å². The molecule has 178 valence electrons. The number of benzene rings is 2. The lowest BCUT2D eigenvalue weighted by Gasteiger charge is -2.26. The van der Waals surface area contributed by atoms with Gasteiger partial charge in [0.2, 0.25) is 0 Å². The minimum Gasteiger partial charge on any atom is -0.497 e. The Hall–Kier alpha value is -3.84. The molecule has 4 aromatic rings. The van der Waals surface area contributed by atoms with Crippen LogP contribution in [0.3, 0.4) is 0 Å². The summed E-state index contributed by atoms with van der Waals surface area (Å²) in [6.07, 6.45) is 1.80. The molecular formula is C28H27N3O3S. The fourth-order valence-electron chi connectivity index (χ4n) is 4.36. The standard InChI is InChI=1S/C28H27N3O3S/c1-3-33-22-13-9-20(10-14-22)24-15-16-25(34-24)27-26(23-6-4-5-17-29-23)30-28(35)31(27)18-19-7-11-21(32-2)12-8-19/h4-17,26-27H,3,18H2,1-2H3,(H,30,35)/t26-,27+/m0/s1. The molecular weight excluding hydrogens is 458 g/mol. The zero-order valence-electron chi connectivity index (χ0n) is 19.7. The summed E-state index contributed by atoms with van der Waals surface area (Å²) in [5.41, 5.74) is 3.03. The number of furan rings is 1. The molecule has 35 heavy (non-hydrogen) atoms. The Kier molecular flexibility index (Phi) is 6.68. The normalized spacial score (nSPS) is 17.3. The summed E-state index contributed by atoms with van der Waals surface area (Å²) in [7, 11) is 1.67. The number of pyridine rings is 1. The molecule has 7 heteroatoms. The van der Waals surface area contributed by atoms with Gasteiger partial charge < -0.3 is 24.1 Å². The van der Waals surface area contributed by atoms with Crippen LogP contribution in [-0.2, 0) is 6.54 Å². The van der Waals surface area contributed by atoms with Gasteiger partial charge in [-0.15, -0.1) is 0 Å². The van der Waals surface area contributed by atoms with Crippen LogP contribution in [0, 0.1) is 0 Å². The van der Waals surface area contributed by atoms with Crippen LogP contribution in [0.2, 0.25) is 0 Å². The number of nitrogens with zero attached hydrogens (tertiary/aromatic N) is 2. The second-order valence-corrected chi connectivity index (χ2v) is 8.65. The van der Waals surface area contributed by atoms with Crippen molar-refractivity contribution in [2.45, 2.75) is 25.6 Å². The zero-order chi connectivity index (χ0) is 24.2. The molecule has 1 fully saturated rings. The van der Waals surface area contributed by atoms with Crippen LogP contribution < -0.4 is 14.8 Å². The number of aromatic nitrogens is 1. The highest BCUT2D eigenvalue weighted by atomic mass is 32.1. The van der Waals surface area contributed by atoms with E-state index in [4.69, 9.17) is 26.1 Å². The molecule has 0 amide bonds. The van der Waals surface area contributed by atoms with Gasteiger partial charge in [-0.3, -0.25) is 4.98 Å². The monoisotopic (exact) mass is 485 g/mol. The topological polar surface area (TPSA) is 59.8 Å². The van der Waals surface area contributed by atoms with Gasteiger partial charge in [-0.05, 0) is 85.4 Å². The first kappa shape index (κ1) is 22.9. The molecule has 0 unspecified atom stereocenters. The van der Waals surface area contributed by atoms with Crippen LogP contribution in [0.5, 0.6) is 11.5 Å². The van der Waals surface area contributed by atoms with Crippen LogP contribution in [0.4, 0.5) is 0 Å². The molecule has 2 atom stereocenters. The number of hydrogen-bond acceptors (Lipinski definition) is 5. The summed E-state index contributed by atoms with van der Waals surface area (Å²) in [5.74, 6) is 3.29. The molecule has 0 aliphatic carbocycles. The van der Waals surface area contributed by atoms with Crippen molar-refractivity contribution in [3.8, 4) is 22.8 Å². The van der Waals surface area contributed by atoms with Crippen molar-refractivity contribution in [2.75, 3.05) is 13.7 Å². The van der Waals surface area contributed by atoms with E-state index in [1.165, 1.54) is 0 Å². The maximum atomic E-state index is 6.43. The third kappa shape index (κ3) is 4.86. The summed E-state index contributed by atoms with van der Waals surface area (Å²) >= 11 is 5.79. The highest BCUT2D eigenvalue weighted by molar-refractivity contribution is 7.80. The summed E-state index contributed by atoms with van der Waals surface area (Å²) in [4.78, 5) is 6.77. The molecule has 0 spiro atoms. The van der Waals surface area contributed by atoms with E-state index in [0.29, 0.717) is 18.3 Å². The third-order valence-electron chi connectivity index (χ3n) is 6.08. The van der Waals surface area contributed by atoms with E-state index < -0.39 is 0 Å². The van der Waals surface area contributed by atoms with E-state index in [1.54, 1.807) is 13.3 Å². The van der Waals surface area contributed by atoms with Gasteiger partial charge in [0, 0.05) is 18.3 Å². The second kappa shape index (κ2) is 10.2. The molecule has 1 N–H and O–H groups in total. The Morgan fingerprint density at radius 1 is 0.971 bits per heavy atom. The maximum Gasteiger partial charge on any atom is 0.170 e. The molecule has 0 bridgehead atoms. The number of ether oxygens (including phenoxy) is 2. The molecule has 1 aliphatic heterocycles. The van der Waals surface area contributed by atoms with Crippen molar-refractivity contribution in [1.82, 2.24) is 15.2 Å². The van der Waals surface area contributed by atoms with Crippen LogP contribution in [0.15, 0.2) is 89.5 Å². The van der Waals surface area contributed by atoms with Crippen molar-refractivity contribution < 1.29 is 13.9 Å². The summed E-state index contributed by atoms with van der Waals surface area (Å²) in [5, 5.41) is 4.14. The van der Waals surface area contributed by atoms with Crippen molar-refractivity contribution in [1.29, 1.82) is 0 Å². The van der Waals surface area contributed by atoms with Crippen molar-refractivity contribution in [2.24, 2.45) is 0 Å². The van der Waals surface area contributed by atoms with E-state index in [1.807, 2.05) is 73.7 Å². The Morgan fingerprint density at radius 3 is 2.43 bits per heavy atom. The van der Waals surface area contributed by atoms with Crippen molar-refractivity contribution in [3.63, 3.8) is 0 Å². The lowest BCUT2D eigenvalue weighted by Crippen LogP contribution is -2.29. The number of thiocarbonyl (C=S) groups is 1. The summed E-state index contributed by atoms with van der Waals surface area (Å²) in [6, 6.07) is 25.6. The number of nitrogens with one attached hydrogen (secondary N) is 1. The zero-order valence-corrected chi connectivity index (χ0v) is 20.5. The number of hydrogen-bond donors (Lipinski definition) is 1. The molecule has 5 rings (SSSR count). The first-order valence-corrected chi connectivity index (χ1v) is 12.0. The molecule has 6 nitrogen and oxygen atoms in total. The largest absolute Gasteiger partial charge is 0.497 e. The quantitative estimate of drug-likeness (QED) is 0.311. The van der Waals surface area contributed by atoms with E-state index in [0.717, 1.165) is 39.8 Å². The fraction of sp³-hybridized carbons (Fsp3) is 0.214. The average Bonchev–Trinajstić information content (AvgIpc) is 3.51. The Bertz CT molecular complexity index is 1270. The second-order valence-electron chi connectivity index (χ2n) is 8.26. The molecule has 3 heterocycles. The van der Waals surface area contributed by atoms with Gasteiger partial charge >= 0.3 is 0 Å². The maximum absolute atomic E-state index is 6.43. The predicted molar refractivity (Wildman–Crippen MR) is 139 cm³/mol. The predicted octanol–water partition coefficient (Wildman–Crippen LogP) is 5.92. The molecule has 2 aromatic carbocycles. The van der Waals surface area contributed by atoms with Crippen molar-refractivity contribution >= 4 is 17.3 Å². The Balaban J connectivity index is 1.48. The third-order valence-corrected chi connectivity index (χ3v) is 6.43. The highest BCUT2D eigenvalue weighted by Crippen LogP contribution is 2.41. The average molecular weight is 486 g/mol. The lowest BCUT2D eigenvalue weighted by molar-refractivity contribution is 0.269. The molecule has 1 aliphatic rings. The first-order valence-electron chi connectivity index (χ1n) is 11.6. The Labute approximate surface area is 210 Å². The number of methoxy groups -OCH3 is 1. The minimum atomic E-state index is -0.157. The van der Waals surface area contributed by atoms with Crippen LogP contribution in [-0.4, -0.2) is 28.7 Å². The van der Waals surface area contributed by atoms with E-state index in [2.05, 4.69) is 27.3 Å². The highest BCUT2D eigenvalue weighted by Gasteiger charge is 2.41. The Morgan fingerprint density at radius 2 is 1.74 bits per heavy atom. The first-order chi connectivity index (χ1) is 17.2. The molecule has 0 radical (unpaired) electrons. The SMILES string of the molecule is CCOc1ccc(-c2ccc([C@@H]3[C@H](c4ccccn4)NC(=S)N3Cc3ccc(OC)cc3)o2)cc1. The summed E-state index contributed by atoms with van der Waals surface area (Å²) < 4.78 is 17.3. The van der Waals surface area contributed by atoms with E-state index >= 15 is 0 Å². The van der Waals surface area contributed by atoms with Gasteiger partial charge in [-0.1, -0.05) is 18.2 Å². The van der Waals surface area contributed by atoms with Gasteiger partial charge in [0.05, 0.1) is 25.5 Å². The minimum absolute atomic E-state index is 0.138. The smallest absolute Gasteiger partial charge is 0.170 e. The van der Waals surface area contributed by atoms with Crippen LogP contribution >= 0.6 is 12.2 Å². The van der Waals surface area contributed by atoms with Gasteiger partial charge in [-0.2, -0.15) is 0 Å². The van der Waals surface area contributed by atoms with Gasteiger partial charge in [0.25, 0.3) is 0 Å². The van der Waals surface area contributed by atoms with E-state index in [-0.39, 0.29) is 12.1 Å². The van der Waals surface area contributed by atoms with Crippen molar-refractivity contribution in [3.05, 3.63) is 102 Å². The van der Waals surface area contributed by atoms with Crippen LogP contribution in [0.1, 0.15) is 36.0 Å².